The molecule has 0 radical (unpaired) electrons. The van der Waals surface area contributed by atoms with E-state index in [-0.39, 0.29) is 10.9 Å². The molecule has 158 valence electrons. The minimum Gasteiger partial charge on any atom is -0.324 e. The Kier molecular flexibility index (Phi) is 5.92. The van der Waals surface area contributed by atoms with Crippen molar-refractivity contribution in [2.45, 2.75) is 63.9 Å². The van der Waals surface area contributed by atoms with Crippen molar-refractivity contribution in [3.63, 3.8) is 0 Å². The Hall–Kier alpha value is -1.93. The van der Waals surface area contributed by atoms with Crippen LogP contribution < -0.4 is 5.32 Å². The van der Waals surface area contributed by atoms with Crippen molar-refractivity contribution in [3.05, 3.63) is 28.3 Å². The molecule has 2 aliphatic carbocycles. The molecule has 2 N–H and O–H groups in total. The first-order chi connectivity index (χ1) is 14.0. The monoisotopic (exact) mass is 417 g/mol. The van der Waals surface area contributed by atoms with Crippen LogP contribution in [0.4, 0.5) is 11.6 Å². The number of benzene rings is 1. The number of hydrogen-bond donors (Lipinski definition) is 2. The van der Waals surface area contributed by atoms with Crippen molar-refractivity contribution >= 4 is 21.5 Å². The average Bonchev–Trinajstić information content (AvgIpc) is 3.45. The Bertz CT molecular complexity index is 947. The molecule has 0 unspecified atom stereocenters. The molecule has 1 aromatic heterocycles. The van der Waals surface area contributed by atoms with Crippen LogP contribution in [0.25, 0.3) is 0 Å². The van der Waals surface area contributed by atoms with Crippen LogP contribution in [0.2, 0.25) is 0 Å². The maximum Gasteiger partial charge on any atom is 0.248 e. The van der Waals surface area contributed by atoms with Gasteiger partial charge < -0.3 is 10.2 Å². The molecule has 0 spiro atoms. The number of aryl methyl sites for hydroxylation is 2. The third-order valence-corrected chi connectivity index (χ3v) is 7.86. The lowest BCUT2D eigenvalue weighted by atomic mass is 9.99. The number of aromatic amines is 1. The molecular weight excluding hydrogens is 386 g/mol. The number of sulfone groups is 1. The van der Waals surface area contributed by atoms with Crippen LogP contribution in [-0.4, -0.2) is 53.9 Å². The molecule has 0 bridgehead atoms. The number of fused-ring (bicyclic) bond motifs is 2. The number of rotatable bonds is 9. The number of hydrogen-bond acceptors (Lipinski definition) is 6. The van der Waals surface area contributed by atoms with Crippen LogP contribution in [0, 0.1) is 0 Å². The van der Waals surface area contributed by atoms with E-state index in [1.54, 1.807) is 0 Å². The van der Waals surface area contributed by atoms with Gasteiger partial charge in [-0.25, -0.2) is 8.42 Å². The molecule has 8 heteroatoms. The molecule has 29 heavy (non-hydrogen) atoms. The summed E-state index contributed by atoms with van der Waals surface area (Å²) in [7, 11) is -3.46. The number of H-pyrrole nitrogens is 1. The summed E-state index contributed by atoms with van der Waals surface area (Å²) in [4.78, 5) is 5.14. The molecule has 0 saturated heterocycles. The van der Waals surface area contributed by atoms with Gasteiger partial charge in [-0.15, -0.1) is 10.2 Å². The normalized spacial score (nSPS) is 15.7. The zero-order valence-corrected chi connectivity index (χ0v) is 18.2. The van der Waals surface area contributed by atoms with E-state index in [1.807, 2.05) is 0 Å². The molecule has 0 fully saturated rings. The Labute approximate surface area is 173 Å². The van der Waals surface area contributed by atoms with Gasteiger partial charge in [0.05, 0.1) is 5.75 Å². The quantitative estimate of drug-likeness (QED) is 0.652. The fourth-order valence-electron chi connectivity index (χ4n) is 4.64. The Balaban J connectivity index is 1.49. The van der Waals surface area contributed by atoms with Gasteiger partial charge in [-0.2, -0.15) is 0 Å². The van der Waals surface area contributed by atoms with Crippen LogP contribution in [0.5, 0.6) is 0 Å². The van der Waals surface area contributed by atoms with E-state index >= 15 is 0 Å². The summed E-state index contributed by atoms with van der Waals surface area (Å²) in [5.41, 5.74) is 6.72. The Morgan fingerprint density at radius 2 is 1.69 bits per heavy atom. The first-order valence-corrected chi connectivity index (χ1v) is 12.5. The second kappa shape index (κ2) is 8.44. The number of nitrogens with one attached hydrogen (secondary N) is 2. The Morgan fingerprint density at radius 3 is 2.31 bits per heavy atom. The highest BCUT2D eigenvalue weighted by atomic mass is 32.2. The third-order valence-electron chi connectivity index (χ3n) is 6.26. The molecule has 0 amide bonds. The average molecular weight is 418 g/mol. The second-order valence-electron chi connectivity index (χ2n) is 8.04. The molecule has 0 atom stereocenters. The smallest absolute Gasteiger partial charge is 0.248 e. The lowest BCUT2D eigenvalue weighted by Crippen LogP contribution is -2.25. The largest absolute Gasteiger partial charge is 0.324 e. The van der Waals surface area contributed by atoms with Crippen LogP contribution in [0.1, 0.15) is 55.4 Å². The van der Waals surface area contributed by atoms with Crippen LogP contribution >= 0.6 is 0 Å². The van der Waals surface area contributed by atoms with Crippen molar-refractivity contribution in [1.82, 2.24) is 20.1 Å². The minimum atomic E-state index is -3.46. The molecule has 0 aliphatic heterocycles. The van der Waals surface area contributed by atoms with E-state index in [0.29, 0.717) is 12.4 Å². The van der Waals surface area contributed by atoms with Gasteiger partial charge in [0.25, 0.3) is 0 Å². The molecule has 2 aliphatic rings. The highest BCUT2D eigenvalue weighted by Crippen LogP contribution is 2.39. The Morgan fingerprint density at radius 1 is 1.03 bits per heavy atom. The van der Waals surface area contributed by atoms with Crippen LogP contribution in [0.3, 0.4) is 0 Å². The molecule has 4 rings (SSSR count). The maximum absolute atomic E-state index is 12.7. The van der Waals surface area contributed by atoms with Crippen molar-refractivity contribution in [2.75, 3.05) is 30.7 Å². The van der Waals surface area contributed by atoms with E-state index in [0.717, 1.165) is 51.0 Å². The lowest BCUT2D eigenvalue weighted by Gasteiger charge is -2.17. The van der Waals surface area contributed by atoms with Crippen molar-refractivity contribution in [2.24, 2.45) is 0 Å². The van der Waals surface area contributed by atoms with E-state index < -0.39 is 9.84 Å². The first kappa shape index (κ1) is 20.3. The summed E-state index contributed by atoms with van der Waals surface area (Å²) in [5.74, 6) is 0.496. The highest BCUT2D eigenvalue weighted by molar-refractivity contribution is 7.91. The zero-order valence-electron chi connectivity index (χ0n) is 17.4. The fraction of sp³-hybridized carbons (Fsp3) is 0.619. The summed E-state index contributed by atoms with van der Waals surface area (Å²) >= 11 is 0. The summed E-state index contributed by atoms with van der Waals surface area (Å²) in [6, 6.07) is 2.38. The van der Waals surface area contributed by atoms with E-state index in [4.69, 9.17) is 0 Å². The predicted molar refractivity (Wildman–Crippen MR) is 115 cm³/mol. The van der Waals surface area contributed by atoms with Crippen molar-refractivity contribution in [1.29, 1.82) is 0 Å². The number of aromatic nitrogens is 3. The highest BCUT2D eigenvalue weighted by Gasteiger charge is 2.25. The standard InChI is InChI=1S/C21H31N5O2S/c1-3-26(4-2)12-7-13-29(27,28)21-23-20(24-25-21)22-19-17-10-5-8-15(17)14-16-9-6-11-18(16)19/h14H,3-13H2,1-2H3,(H2,22,23,24,25). The SMILES string of the molecule is CCN(CC)CCCS(=O)(=O)c1nnc(Nc2c3c(cc4c2CCC4)CCC3)[nH]1. The summed E-state index contributed by atoms with van der Waals surface area (Å²) in [6.07, 6.45) is 7.32. The maximum atomic E-state index is 12.7. The molecule has 2 aromatic rings. The molecular formula is C21H31N5O2S. The van der Waals surface area contributed by atoms with Crippen LogP contribution in [0.15, 0.2) is 11.2 Å². The first-order valence-electron chi connectivity index (χ1n) is 10.8. The third kappa shape index (κ3) is 4.19. The van der Waals surface area contributed by atoms with Gasteiger partial charge in [0.15, 0.2) is 0 Å². The van der Waals surface area contributed by atoms with Gasteiger partial charge >= 0.3 is 0 Å². The number of anilines is 2. The molecule has 1 aromatic carbocycles. The second-order valence-corrected chi connectivity index (χ2v) is 10.1. The van der Waals surface area contributed by atoms with Gasteiger partial charge in [0.1, 0.15) is 0 Å². The van der Waals surface area contributed by atoms with Crippen LogP contribution in [-0.2, 0) is 35.5 Å². The number of nitrogens with zero attached hydrogens (tertiary/aromatic N) is 3. The van der Waals surface area contributed by atoms with Gasteiger partial charge in [-0.3, -0.25) is 4.98 Å². The van der Waals surface area contributed by atoms with Gasteiger partial charge in [0, 0.05) is 5.69 Å². The molecule has 7 nitrogen and oxygen atoms in total. The fourth-order valence-corrected chi connectivity index (χ4v) is 5.76. The molecule has 1 heterocycles. The summed E-state index contributed by atoms with van der Waals surface area (Å²) in [6.45, 7) is 6.80. The van der Waals surface area contributed by atoms with Gasteiger partial charge in [-0.05, 0) is 86.8 Å². The van der Waals surface area contributed by atoms with Gasteiger partial charge in [-0.1, -0.05) is 19.9 Å². The minimum absolute atomic E-state index is 0.0382. The van der Waals surface area contributed by atoms with E-state index in [1.165, 1.54) is 35.1 Å². The van der Waals surface area contributed by atoms with Gasteiger partial charge in [0.2, 0.25) is 20.9 Å². The van der Waals surface area contributed by atoms with E-state index in [9.17, 15) is 8.42 Å². The van der Waals surface area contributed by atoms with Crippen molar-refractivity contribution in [3.8, 4) is 0 Å². The predicted octanol–water partition coefficient (Wildman–Crippen LogP) is 3.03. The summed E-state index contributed by atoms with van der Waals surface area (Å²) < 4.78 is 25.3. The van der Waals surface area contributed by atoms with Crippen molar-refractivity contribution < 1.29 is 8.42 Å². The topological polar surface area (TPSA) is 91.0 Å². The molecule has 0 saturated carbocycles. The summed E-state index contributed by atoms with van der Waals surface area (Å²) in [5, 5.41) is 11.4. The van der Waals surface area contributed by atoms with E-state index in [2.05, 4.69) is 45.3 Å². The zero-order chi connectivity index (χ0) is 20.4. The lowest BCUT2D eigenvalue weighted by molar-refractivity contribution is 0.305.